The summed E-state index contributed by atoms with van der Waals surface area (Å²) in [4.78, 5) is 22.0. The number of carbonyl (C=O) groups is 1. The van der Waals surface area contributed by atoms with Crippen LogP contribution in [-0.2, 0) is 4.79 Å². The normalized spacial score (nSPS) is 10.6. The molecule has 0 bridgehead atoms. The van der Waals surface area contributed by atoms with Gasteiger partial charge in [-0.25, -0.2) is 5.43 Å². The zero-order valence-electron chi connectivity index (χ0n) is 13.1. The van der Waals surface area contributed by atoms with E-state index in [1.165, 1.54) is 24.4 Å². The molecule has 0 aliphatic heterocycles. The maximum atomic E-state index is 11.7. The molecule has 1 amide bonds. The number of hydrogen-bond donors (Lipinski definition) is 2. The molecular formula is C16H14IN3O5. The molecule has 0 aliphatic carbocycles. The molecule has 130 valence electrons. The SMILES string of the molecule is Cc1cc(I)cc(/C=N/NC(=O)COc2ccccc2[N+](=O)[O-])c1O. The molecule has 25 heavy (non-hydrogen) atoms. The number of nitro groups is 1. The molecule has 0 aromatic heterocycles. The lowest BCUT2D eigenvalue weighted by molar-refractivity contribution is -0.385. The highest BCUT2D eigenvalue weighted by atomic mass is 127. The highest BCUT2D eigenvalue weighted by Crippen LogP contribution is 2.25. The molecule has 2 rings (SSSR count). The van der Waals surface area contributed by atoms with Crippen LogP contribution in [0.5, 0.6) is 11.5 Å². The summed E-state index contributed by atoms with van der Waals surface area (Å²) in [7, 11) is 0. The van der Waals surface area contributed by atoms with E-state index in [4.69, 9.17) is 4.74 Å². The van der Waals surface area contributed by atoms with Gasteiger partial charge in [0.2, 0.25) is 0 Å². The van der Waals surface area contributed by atoms with Gasteiger partial charge in [-0.2, -0.15) is 5.10 Å². The molecule has 0 radical (unpaired) electrons. The Balaban J connectivity index is 1.95. The van der Waals surface area contributed by atoms with Crippen molar-refractivity contribution in [3.05, 3.63) is 61.2 Å². The number of halogens is 1. The smallest absolute Gasteiger partial charge is 0.310 e. The summed E-state index contributed by atoms with van der Waals surface area (Å²) in [5.74, 6) is -0.511. The summed E-state index contributed by atoms with van der Waals surface area (Å²) in [6.45, 7) is 1.33. The van der Waals surface area contributed by atoms with Crippen molar-refractivity contribution in [3.8, 4) is 11.5 Å². The third-order valence-corrected chi connectivity index (χ3v) is 3.73. The van der Waals surface area contributed by atoms with E-state index in [2.05, 4.69) is 33.1 Å². The number of phenolic OH excluding ortho intramolecular Hbond substituents is 1. The second kappa shape index (κ2) is 8.42. The molecule has 9 heteroatoms. The number of aryl methyl sites for hydroxylation is 1. The number of hydrogen-bond acceptors (Lipinski definition) is 6. The monoisotopic (exact) mass is 455 g/mol. The van der Waals surface area contributed by atoms with Crippen molar-refractivity contribution >= 4 is 40.4 Å². The van der Waals surface area contributed by atoms with Gasteiger partial charge in [-0.15, -0.1) is 0 Å². The van der Waals surface area contributed by atoms with Crippen LogP contribution in [0.1, 0.15) is 11.1 Å². The van der Waals surface area contributed by atoms with Gasteiger partial charge in [-0.1, -0.05) is 12.1 Å². The first-order valence-corrected chi connectivity index (χ1v) is 8.13. The zero-order valence-corrected chi connectivity index (χ0v) is 15.3. The van der Waals surface area contributed by atoms with Gasteiger partial charge in [-0.3, -0.25) is 14.9 Å². The number of carbonyl (C=O) groups excluding carboxylic acids is 1. The first-order chi connectivity index (χ1) is 11.9. The highest BCUT2D eigenvalue weighted by Gasteiger charge is 2.14. The van der Waals surface area contributed by atoms with Crippen LogP contribution in [0.15, 0.2) is 41.5 Å². The number of nitrogens with one attached hydrogen (secondary N) is 1. The van der Waals surface area contributed by atoms with E-state index in [1.54, 1.807) is 19.1 Å². The van der Waals surface area contributed by atoms with Crippen molar-refractivity contribution in [1.29, 1.82) is 0 Å². The highest BCUT2D eigenvalue weighted by molar-refractivity contribution is 14.1. The molecule has 0 saturated carbocycles. The number of ether oxygens (including phenoxy) is 1. The van der Waals surface area contributed by atoms with E-state index in [0.29, 0.717) is 11.1 Å². The molecule has 8 nitrogen and oxygen atoms in total. The van der Waals surface area contributed by atoms with Gasteiger partial charge < -0.3 is 9.84 Å². The molecule has 0 fully saturated rings. The number of benzene rings is 2. The zero-order chi connectivity index (χ0) is 18.4. The van der Waals surface area contributed by atoms with E-state index in [9.17, 15) is 20.0 Å². The number of nitro benzene ring substituents is 1. The Bertz CT molecular complexity index is 839. The third kappa shape index (κ3) is 5.14. The van der Waals surface area contributed by atoms with Crippen molar-refractivity contribution in [3.63, 3.8) is 0 Å². The van der Waals surface area contributed by atoms with Crippen LogP contribution >= 0.6 is 22.6 Å². The van der Waals surface area contributed by atoms with Gasteiger partial charge in [0.05, 0.1) is 11.1 Å². The Morgan fingerprint density at radius 2 is 2.16 bits per heavy atom. The standard InChI is InChI=1S/C16H14IN3O5/c1-10-6-12(17)7-11(16(10)22)8-18-19-15(21)9-25-14-5-3-2-4-13(14)20(23)24/h2-8,22H,9H2,1H3,(H,19,21)/b18-8+. The first kappa shape index (κ1) is 18.6. The van der Waals surface area contributed by atoms with Crippen molar-refractivity contribution in [2.24, 2.45) is 5.10 Å². The van der Waals surface area contributed by atoms with Crippen LogP contribution in [0, 0.1) is 20.6 Å². The summed E-state index contributed by atoms with van der Waals surface area (Å²) in [5, 5.41) is 24.5. The van der Waals surface area contributed by atoms with Crippen LogP contribution in [0.2, 0.25) is 0 Å². The summed E-state index contributed by atoms with van der Waals surface area (Å²) in [6, 6.07) is 9.29. The number of para-hydroxylation sites is 2. The first-order valence-electron chi connectivity index (χ1n) is 7.05. The minimum Gasteiger partial charge on any atom is -0.507 e. The summed E-state index contributed by atoms with van der Waals surface area (Å²) < 4.78 is 6.06. The molecule has 0 unspecified atom stereocenters. The molecule has 0 spiro atoms. The predicted molar refractivity (Wildman–Crippen MR) is 99.9 cm³/mol. The lowest BCUT2D eigenvalue weighted by atomic mass is 10.1. The number of aromatic hydroxyl groups is 1. The Kier molecular flexibility index (Phi) is 6.28. The number of nitrogens with zero attached hydrogens (tertiary/aromatic N) is 2. The molecule has 2 N–H and O–H groups in total. The van der Waals surface area contributed by atoms with E-state index >= 15 is 0 Å². The van der Waals surface area contributed by atoms with Crippen LogP contribution in [0.3, 0.4) is 0 Å². The maximum absolute atomic E-state index is 11.7. The Morgan fingerprint density at radius 3 is 2.88 bits per heavy atom. The van der Waals surface area contributed by atoms with Crippen molar-refractivity contribution < 1.29 is 19.6 Å². The number of hydrazone groups is 1. The number of rotatable bonds is 6. The lowest BCUT2D eigenvalue weighted by Gasteiger charge is -2.06. The van der Waals surface area contributed by atoms with Gasteiger partial charge in [0.1, 0.15) is 5.75 Å². The quantitative estimate of drug-likeness (QED) is 0.301. The molecule has 2 aromatic rings. The minimum absolute atomic E-state index is 0.00230. The van der Waals surface area contributed by atoms with Crippen molar-refractivity contribution in [2.45, 2.75) is 6.92 Å². The largest absolute Gasteiger partial charge is 0.507 e. The second-order valence-corrected chi connectivity index (χ2v) is 6.21. The van der Waals surface area contributed by atoms with Gasteiger partial charge in [0, 0.05) is 15.2 Å². The van der Waals surface area contributed by atoms with E-state index in [0.717, 1.165) is 3.57 Å². The molecule has 0 aliphatic rings. The maximum Gasteiger partial charge on any atom is 0.310 e. The molecule has 0 atom stereocenters. The Morgan fingerprint density at radius 1 is 1.44 bits per heavy atom. The second-order valence-electron chi connectivity index (χ2n) is 4.97. The number of phenols is 1. The predicted octanol–water partition coefficient (Wildman–Crippen LogP) is 2.74. The average Bonchev–Trinajstić information content (AvgIpc) is 2.57. The van der Waals surface area contributed by atoms with Crippen molar-refractivity contribution in [2.75, 3.05) is 6.61 Å². The number of amides is 1. The van der Waals surface area contributed by atoms with Gasteiger partial charge >= 0.3 is 5.69 Å². The summed E-state index contributed by atoms with van der Waals surface area (Å²) in [5.41, 5.74) is 3.17. The van der Waals surface area contributed by atoms with E-state index < -0.39 is 17.4 Å². The molecule has 2 aromatic carbocycles. The van der Waals surface area contributed by atoms with Crippen molar-refractivity contribution in [1.82, 2.24) is 5.43 Å². The van der Waals surface area contributed by atoms with E-state index in [-0.39, 0.29) is 17.2 Å². The van der Waals surface area contributed by atoms with Crippen LogP contribution < -0.4 is 10.2 Å². The van der Waals surface area contributed by atoms with Crippen LogP contribution in [0.4, 0.5) is 5.69 Å². The average molecular weight is 455 g/mol. The summed E-state index contributed by atoms with van der Waals surface area (Å²) in [6.07, 6.45) is 1.31. The van der Waals surface area contributed by atoms with Gasteiger partial charge in [0.15, 0.2) is 12.4 Å². The topological polar surface area (TPSA) is 114 Å². The van der Waals surface area contributed by atoms with E-state index in [1.807, 2.05) is 6.07 Å². The van der Waals surface area contributed by atoms with Gasteiger partial charge in [0.25, 0.3) is 5.91 Å². The van der Waals surface area contributed by atoms with Crippen LogP contribution in [-0.4, -0.2) is 28.8 Å². The minimum atomic E-state index is -0.590. The Hall–Kier alpha value is -2.69. The van der Waals surface area contributed by atoms with Crippen LogP contribution in [0.25, 0.3) is 0 Å². The third-order valence-electron chi connectivity index (χ3n) is 3.11. The fourth-order valence-electron chi connectivity index (χ4n) is 1.94. The molecule has 0 heterocycles. The Labute approximate surface area is 156 Å². The van der Waals surface area contributed by atoms with Gasteiger partial charge in [-0.05, 0) is 53.3 Å². The fraction of sp³-hybridized carbons (Fsp3) is 0.125. The molecular weight excluding hydrogens is 441 g/mol. The fourth-order valence-corrected chi connectivity index (χ4v) is 2.74. The molecule has 0 saturated heterocycles. The summed E-state index contributed by atoms with van der Waals surface area (Å²) >= 11 is 2.11. The lowest BCUT2D eigenvalue weighted by Crippen LogP contribution is -2.24.